The molecular weight excluding hydrogens is 262 g/mol. The topological polar surface area (TPSA) is 44.5 Å². The fraction of sp³-hybridized carbons (Fsp3) is 0.600. The molecule has 0 aliphatic heterocycles. The van der Waals surface area contributed by atoms with Gasteiger partial charge in [-0.15, -0.1) is 12.4 Å². The van der Waals surface area contributed by atoms with Crippen LogP contribution in [0.4, 0.5) is 0 Å². The van der Waals surface area contributed by atoms with Crippen LogP contribution in [0.25, 0.3) is 0 Å². The number of ether oxygens (including phenoxy) is 2. The number of benzene rings is 1. The number of hydrogen-bond donors (Lipinski definition) is 1. The fourth-order valence-electron chi connectivity index (χ4n) is 2.76. The molecule has 0 radical (unpaired) electrons. The Hall–Kier alpha value is -0.930. The first-order chi connectivity index (χ1) is 8.76. The molecule has 0 saturated heterocycles. The van der Waals surface area contributed by atoms with Crippen molar-refractivity contribution in [2.45, 2.75) is 38.6 Å². The summed E-state index contributed by atoms with van der Waals surface area (Å²) in [5, 5.41) is 0. The predicted molar refractivity (Wildman–Crippen MR) is 80.3 cm³/mol. The molecule has 108 valence electrons. The van der Waals surface area contributed by atoms with Crippen LogP contribution in [0, 0.1) is 5.92 Å². The van der Waals surface area contributed by atoms with Crippen LogP contribution in [0.1, 0.15) is 44.2 Å². The zero-order valence-corrected chi connectivity index (χ0v) is 12.5. The van der Waals surface area contributed by atoms with E-state index in [0.29, 0.717) is 12.5 Å². The van der Waals surface area contributed by atoms with Gasteiger partial charge in [-0.25, -0.2) is 0 Å². The van der Waals surface area contributed by atoms with Crippen LogP contribution in [-0.2, 0) is 0 Å². The van der Waals surface area contributed by atoms with Crippen LogP contribution in [0.3, 0.4) is 0 Å². The van der Waals surface area contributed by atoms with Gasteiger partial charge in [0, 0.05) is 6.04 Å². The minimum absolute atomic E-state index is 0. The van der Waals surface area contributed by atoms with Gasteiger partial charge in [0.15, 0.2) is 11.5 Å². The normalized spacial score (nSPS) is 16.8. The van der Waals surface area contributed by atoms with Crippen LogP contribution in [0.15, 0.2) is 18.2 Å². The second kappa shape index (κ2) is 7.61. The van der Waals surface area contributed by atoms with Gasteiger partial charge < -0.3 is 15.2 Å². The Labute approximate surface area is 121 Å². The Balaban J connectivity index is 0.00000180. The van der Waals surface area contributed by atoms with Crippen LogP contribution < -0.4 is 15.2 Å². The van der Waals surface area contributed by atoms with E-state index < -0.39 is 0 Å². The average molecular weight is 286 g/mol. The summed E-state index contributed by atoms with van der Waals surface area (Å²) in [6, 6.07) is 6.17. The van der Waals surface area contributed by atoms with E-state index in [2.05, 4.69) is 6.07 Å². The Kier molecular flexibility index (Phi) is 6.46. The minimum Gasteiger partial charge on any atom is -0.493 e. The van der Waals surface area contributed by atoms with E-state index in [9.17, 15) is 0 Å². The molecule has 1 aliphatic rings. The maximum Gasteiger partial charge on any atom is 0.161 e. The van der Waals surface area contributed by atoms with Crippen molar-refractivity contribution < 1.29 is 9.47 Å². The third-order valence-electron chi connectivity index (χ3n) is 3.78. The zero-order chi connectivity index (χ0) is 13.0. The van der Waals surface area contributed by atoms with E-state index in [1.54, 1.807) is 7.11 Å². The van der Waals surface area contributed by atoms with Crippen molar-refractivity contribution in [3.05, 3.63) is 23.8 Å². The number of halogens is 1. The maximum atomic E-state index is 6.36. The Morgan fingerprint density at radius 2 is 1.95 bits per heavy atom. The van der Waals surface area contributed by atoms with Gasteiger partial charge >= 0.3 is 0 Å². The highest BCUT2D eigenvalue weighted by Gasteiger charge is 2.24. The number of hydrogen-bond acceptors (Lipinski definition) is 3. The molecule has 3 nitrogen and oxygen atoms in total. The van der Waals surface area contributed by atoms with Gasteiger partial charge in [0.1, 0.15) is 0 Å². The molecular formula is C15H24ClNO2. The second-order valence-electron chi connectivity index (χ2n) is 4.91. The molecule has 1 aromatic carbocycles. The van der Waals surface area contributed by atoms with Crippen molar-refractivity contribution in [1.29, 1.82) is 0 Å². The first-order valence-electron chi connectivity index (χ1n) is 6.82. The van der Waals surface area contributed by atoms with Gasteiger partial charge in [0.2, 0.25) is 0 Å². The highest BCUT2D eigenvalue weighted by molar-refractivity contribution is 5.85. The number of rotatable bonds is 5. The molecule has 2 rings (SSSR count). The van der Waals surface area contributed by atoms with Crippen LogP contribution in [-0.4, -0.2) is 13.7 Å². The van der Waals surface area contributed by atoms with Gasteiger partial charge in [0.05, 0.1) is 13.7 Å². The van der Waals surface area contributed by atoms with E-state index >= 15 is 0 Å². The van der Waals surface area contributed by atoms with E-state index in [1.807, 2.05) is 19.1 Å². The maximum absolute atomic E-state index is 6.36. The van der Waals surface area contributed by atoms with E-state index in [0.717, 1.165) is 17.1 Å². The third-order valence-corrected chi connectivity index (χ3v) is 3.78. The average Bonchev–Trinajstić information content (AvgIpc) is 2.92. The van der Waals surface area contributed by atoms with E-state index in [1.165, 1.54) is 25.7 Å². The highest BCUT2D eigenvalue weighted by atomic mass is 35.5. The zero-order valence-electron chi connectivity index (χ0n) is 11.7. The summed E-state index contributed by atoms with van der Waals surface area (Å²) in [7, 11) is 1.66. The summed E-state index contributed by atoms with van der Waals surface area (Å²) < 4.78 is 10.9. The molecule has 0 aromatic heterocycles. The first-order valence-corrected chi connectivity index (χ1v) is 6.82. The third kappa shape index (κ3) is 3.77. The first kappa shape index (κ1) is 16.1. The Morgan fingerprint density at radius 3 is 2.53 bits per heavy atom. The molecule has 0 amide bonds. The summed E-state index contributed by atoms with van der Waals surface area (Å²) in [6.45, 7) is 2.61. The number of methoxy groups -OCH3 is 1. The van der Waals surface area contributed by atoms with Gasteiger partial charge in [0.25, 0.3) is 0 Å². The van der Waals surface area contributed by atoms with Crippen molar-refractivity contribution >= 4 is 12.4 Å². The second-order valence-corrected chi connectivity index (χ2v) is 4.91. The summed E-state index contributed by atoms with van der Waals surface area (Å²) >= 11 is 0. The molecule has 1 fully saturated rings. The molecule has 1 atom stereocenters. The van der Waals surface area contributed by atoms with Crippen molar-refractivity contribution in [3.8, 4) is 11.5 Å². The highest BCUT2D eigenvalue weighted by Crippen LogP contribution is 2.37. The lowest BCUT2D eigenvalue weighted by Gasteiger charge is -2.20. The standard InChI is InChI=1S/C15H23NO2.ClH/c1-3-18-14-10-12(8-9-13(14)17-2)15(16)11-6-4-5-7-11;/h8-11,15H,3-7,16H2,1-2H3;1H/t15-;/m1./s1. The monoisotopic (exact) mass is 285 g/mol. The molecule has 2 N–H and O–H groups in total. The molecule has 0 spiro atoms. The van der Waals surface area contributed by atoms with Crippen LogP contribution >= 0.6 is 12.4 Å². The molecule has 1 saturated carbocycles. The van der Waals surface area contributed by atoms with Gasteiger partial charge in [-0.05, 0) is 43.4 Å². The Morgan fingerprint density at radius 1 is 1.26 bits per heavy atom. The molecule has 1 aliphatic carbocycles. The van der Waals surface area contributed by atoms with Gasteiger partial charge in [-0.1, -0.05) is 18.9 Å². The Bertz CT molecular complexity index is 392. The molecule has 4 heteroatoms. The summed E-state index contributed by atoms with van der Waals surface area (Å²) in [4.78, 5) is 0. The largest absolute Gasteiger partial charge is 0.493 e. The van der Waals surface area contributed by atoms with Crippen LogP contribution in [0.5, 0.6) is 11.5 Å². The van der Waals surface area contributed by atoms with E-state index in [4.69, 9.17) is 15.2 Å². The van der Waals surface area contributed by atoms with Crippen molar-refractivity contribution in [2.24, 2.45) is 11.7 Å². The van der Waals surface area contributed by atoms with Crippen molar-refractivity contribution in [3.63, 3.8) is 0 Å². The summed E-state index contributed by atoms with van der Waals surface area (Å²) in [5.41, 5.74) is 7.52. The molecule has 1 aromatic rings. The molecule has 0 bridgehead atoms. The number of nitrogens with two attached hydrogens (primary N) is 1. The lowest BCUT2D eigenvalue weighted by molar-refractivity contribution is 0.309. The van der Waals surface area contributed by atoms with Crippen molar-refractivity contribution in [1.82, 2.24) is 0 Å². The van der Waals surface area contributed by atoms with E-state index in [-0.39, 0.29) is 18.4 Å². The molecule has 19 heavy (non-hydrogen) atoms. The predicted octanol–water partition coefficient (Wildman–Crippen LogP) is 3.71. The lowest BCUT2D eigenvalue weighted by Crippen LogP contribution is -2.19. The minimum atomic E-state index is 0. The molecule has 0 unspecified atom stereocenters. The van der Waals surface area contributed by atoms with Crippen LogP contribution in [0.2, 0.25) is 0 Å². The summed E-state index contributed by atoms with van der Waals surface area (Å²) in [6.07, 6.45) is 5.12. The van der Waals surface area contributed by atoms with Gasteiger partial charge in [-0.3, -0.25) is 0 Å². The van der Waals surface area contributed by atoms with Gasteiger partial charge in [-0.2, -0.15) is 0 Å². The SMILES string of the molecule is CCOc1cc([C@H](N)C2CCCC2)ccc1OC.Cl. The smallest absolute Gasteiger partial charge is 0.161 e. The van der Waals surface area contributed by atoms with Crippen molar-refractivity contribution in [2.75, 3.05) is 13.7 Å². The molecule has 0 heterocycles. The quantitative estimate of drug-likeness (QED) is 0.897. The fourth-order valence-corrected chi connectivity index (χ4v) is 2.76. The summed E-state index contributed by atoms with van der Waals surface area (Å²) in [5.74, 6) is 2.19. The lowest BCUT2D eigenvalue weighted by atomic mass is 9.92.